The average molecular weight is 291 g/mol. The van der Waals surface area contributed by atoms with Crippen molar-refractivity contribution in [3.63, 3.8) is 0 Å². The Labute approximate surface area is 124 Å². The molecule has 0 radical (unpaired) electrons. The highest BCUT2D eigenvalue weighted by Gasteiger charge is 2.30. The molecule has 0 saturated heterocycles. The predicted molar refractivity (Wildman–Crippen MR) is 79.0 cm³/mol. The van der Waals surface area contributed by atoms with Crippen LogP contribution in [0, 0.1) is 0 Å². The quantitative estimate of drug-likeness (QED) is 0.926. The Kier molecular flexibility index (Phi) is 4.21. The van der Waals surface area contributed by atoms with E-state index in [1.807, 2.05) is 27.7 Å². The minimum absolute atomic E-state index is 0.0791. The molecule has 1 aromatic rings. The number of hydrogen-bond acceptors (Lipinski definition) is 3. The van der Waals surface area contributed by atoms with Gasteiger partial charge in [-0.05, 0) is 51.8 Å². The van der Waals surface area contributed by atoms with Crippen LogP contribution < -0.4 is 4.74 Å². The van der Waals surface area contributed by atoms with Crippen LogP contribution in [-0.4, -0.2) is 40.6 Å². The van der Waals surface area contributed by atoms with Crippen LogP contribution in [0.25, 0.3) is 0 Å². The predicted octanol–water partition coefficient (Wildman–Crippen LogP) is 2.58. The second-order valence-corrected chi connectivity index (χ2v) is 5.81. The molecule has 0 aromatic heterocycles. The molecule has 1 heterocycles. The summed E-state index contributed by atoms with van der Waals surface area (Å²) in [6.07, 6.45) is 0.479. The first-order chi connectivity index (χ1) is 9.81. The van der Waals surface area contributed by atoms with Crippen LogP contribution >= 0.6 is 0 Å². The molecule has 5 heteroatoms. The Hall–Kier alpha value is -2.04. The summed E-state index contributed by atoms with van der Waals surface area (Å²) in [6, 6.07) is 3.27. The maximum atomic E-state index is 12.5. The van der Waals surface area contributed by atoms with Gasteiger partial charge >= 0.3 is 5.97 Å². The number of amides is 1. The molecule has 0 fully saturated rings. The van der Waals surface area contributed by atoms with E-state index in [1.54, 1.807) is 11.0 Å². The SMILES string of the molecule is CC(C)Oc1cc(C(=O)O)c2c(c1)C(=O)N(C(C)C)CC2. The summed E-state index contributed by atoms with van der Waals surface area (Å²) in [5.41, 5.74) is 1.23. The smallest absolute Gasteiger partial charge is 0.336 e. The summed E-state index contributed by atoms with van der Waals surface area (Å²) >= 11 is 0. The molecule has 1 aliphatic rings. The van der Waals surface area contributed by atoms with Crippen molar-refractivity contribution in [1.29, 1.82) is 0 Å². The maximum absolute atomic E-state index is 12.5. The molecule has 0 aliphatic carbocycles. The van der Waals surface area contributed by atoms with Crippen molar-refractivity contribution in [2.45, 2.75) is 46.3 Å². The summed E-state index contributed by atoms with van der Waals surface area (Å²) in [5.74, 6) is -0.714. The van der Waals surface area contributed by atoms with Gasteiger partial charge in [-0.1, -0.05) is 0 Å². The minimum Gasteiger partial charge on any atom is -0.491 e. The van der Waals surface area contributed by atoms with Gasteiger partial charge in [-0.25, -0.2) is 4.79 Å². The molecule has 0 spiro atoms. The lowest BCUT2D eigenvalue weighted by atomic mass is 9.92. The Bertz CT molecular complexity index is 578. The lowest BCUT2D eigenvalue weighted by Gasteiger charge is -2.32. The lowest BCUT2D eigenvalue weighted by molar-refractivity contribution is 0.0679. The number of hydrogen-bond donors (Lipinski definition) is 1. The fourth-order valence-corrected chi connectivity index (χ4v) is 2.62. The number of aromatic carboxylic acids is 1. The van der Waals surface area contributed by atoms with Crippen molar-refractivity contribution in [1.82, 2.24) is 4.90 Å². The molecule has 0 saturated carbocycles. The second-order valence-electron chi connectivity index (χ2n) is 5.81. The van der Waals surface area contributed by atoms with Crippen molar-refractivity contribution >= 4 is 11.9 Å². The van der Waals surface area contributed by atoms with Crippen molar-refractivity contribution in [3.8, 4) is 5.75 Å². The van der Waals surface area contributed by atoms with E-state index in [9.17, 15) is 14.7 Å². The van der Waals surface area contributed by atoms with E-state index in [1.165, 1.54) is 6.07 Å². The third-order valence-corrected chi connectivity index (χ3v) is 3.54. The summed E-state index contributed by atoms with van der Waals surface area (Å²) < 4.78 is 5.58. The Morgan fingerprint density at radius 2 is 1.95 bits per heavy atom. The van der Waals surface area contributed by atoms with E-state index in [-0.39, 0.29) is 23.6 Å². The average Bonchev–Trinajstić information content (AvgIpc) is 2.37. The summed E-state index contributed by atoms with van der Waals surface area (Å²) in [5, 5.41) is 9.38. The van der Waals surface area contributed by atoms with Crippen molar-refractivity contribution in [2.75, 3.05) is 6.54 Å². The molecule has 1 aliphatic heterocycles. The fourth-order valence-electron chi connectivity index (χ4n) is 2.62. The number of carboxylic acid groups (broad SMARTS) is 1. The maximum Gasteiger partial charge on any atom is 0.336 e. The Balaban J connectivity index is 2.53. The van der Waals surface area contributed by atoms with E-state index in [2.05, 4.69) is 0 Å². The molecule has 2 rings (SSSR count). The third-order valence-electron chi connectivity index (χ3n) is 3.54. The van der Waals surface area contributed by atoms with E-state index in [4.69, 9.17) is 4.74 Å². The topological polar surface area (TPSA) is 66.8 Å². The van der Waals surface area contributed by atoms with Gasteiger partial charge in [0.15, 0.2) is 0 Å². The zero-order valence-electron chi connectivity index (χ0n) is 12.8. The third kappa shape index (κ3) is 3.01. The molecule has 114 valence electrons. The largest absolute Gasteiger partial charge is 0.491 e. The molecule has 0 unspecified atom stereocenters. The lowest BCUT2D eigenvalue weighted by Crippen LogP contribution is -2.42. The van der Waals surface area contributed by atoms with Crippen molar-refractivity contribution in [3.05, 3.63) is 28.8 Å². The van der Waals surface area contributed by atoms with Crippen molar-refractivity contribution < 1.29 is 19.4 Å². The van der Waals surface area contributed by atoms with Crippen molar-refractivity contribution in [2.24, 2.45) is 0 Å². The van der Waals surface area contributed by atoms with Gasteiger partial charge in [0.25, 0.3) is 5.91 Å². The van der Waals surface area contributed by atoms with Gasteiger partial charge in [0.2, 0.25) is 0 Å². The Morgan fingerprint density at radius 3 is 2.48 bits per heavy atom. The number of ether oxygens (including phenoxy) is 1. The van der Waals surface area contributed by atoms with Crippen LogP contribution in [0.1, 0.15) is 54.0 Å². The first kappa shape index (κ1) is 15.4. The molecule has 5 nitrogen and oxygen atoms in total. The van der Waals surface area contributed by atoms with Crippen LogP contribution in [0.2, 0.25) is 0 Å². The van der Waals surface area contributed by atoms with Gasteiger partial charge in [0.1, 0.15) is 5.75 Å². The molecule has 0 bridgehead atoms. The van der Waals surface area contributed by atoms with Gasteiger partial charge < -0.3 is 14.7 Å². The molecular formula is C16H21NO4. The van der Waals surface area contributed by atoms with Gasteiger partial charge in [-0.15, -0.1) is 0 Å². The van der Waals surface area contributed by atoms with E-state index >= 15 is 0 Å². The highest BCUT2D eigenvalue weighted by Crippen LogP contribution is 2.29. The van der Waals surface area contributed by atoms with Gasteiger partial charge in [0.05, 0.1) is 11.7 Å². The number of carbonyl (C=O) groups excluding carboxylic acids is 1. The second kappa shape index (κ2) is 5.76. The first-order valence-electron chi connectivity index (χ1n) is 7.19. The summed E-state index contributed by atoms with van der Waals surface area (Å²) in [7, 11) is 0. The number of benzene rings is 1. The summed E-state index contributed by atoms with van der Waals surface area (Å²) in [4.78, 5) is 25.8. The van der Waals surface area contributed by atoms with Crippen LogP contribution in [0.5, 0.6) is 5.75 Å². The van der Waals surface area contributed by atoms with Gasteiger partial charge in [-0.3, -0.25) is 4.79 Å². The fraction of sp³-hybridized carbons (Fsp3) is 0.500. The number of carboxylic acids is 1. The van der Waals surface area contributed by atoms with E-state index in [0.29, 0.717) is 29.8 Å². The highest BCUT2D eigenvalue weighted by atomic mass is 16.5. The van der Waals surface area contributed by atoms with E-state index in [0.717, 1.165) is 0 Å². The number of carbonyl (C=O) groups is 2. The molecule has 1 amide bonds. The minimum atomic E-state index is -1.02. The zero-order valence-corrected chi connectivity index (χ0v) is 12.8. The number of nitrogens with zero attached hydrogens (tertiary/aromatic N) is 1. The molecule has 1 aromatic carbocycles. The number of fused-ring (bicyclic) bond motifs is 1. The Morgan fingerprint density at radius 1 is 1.29 bits per heavy atom. The van der Waals surface area contributed by atoms with Crippen LogP contribution in [0.15, 0.2) is 12.1 Å². The normalized spacial score (nSPS) is 14.6. The molecule has 1 N–H and O–H groups in total. The van der Waals surface area contributed by atoms with Crippen LogP contribution in [-0.2, 0) is 6.42 Å². The molecule has 0 atom stereocenters. The summed E-state index contributed by atoms with van der Waals surface area (Å²) in [6.45, 7) is 8.18. The molecular weight excluding hydrogens is 270 g/mol. The van der Waals surface area contributed by atoms with Crippen LogP contribution in [0.4, 0.5) is 0 Å². The first-order valence-corrected chi connectivity index (χ1v) is 7.19. The van der Waals surface area contributed by atoms with Gasteiger partial charge in [-0.2, -0.15) is 0 Å². The highest BCUT2D eigenvalue weighted by molar-refractivity contribution is 6.01. The zero-order chi connectivity index (χ0) is 15.7. The molecule has 21 heavy (non-hydrogen) atoms. The monoisotopic (exact) mass is 291 g/mol. The van der Waals surface area contributed by atoms with E-state index < -0.39 is 5.97 Å². The number of rotatable bonds is 4. The van der Waals surface area contributed by atoms with Crippen LogP contribution in [0.3, 0.4) is 0 Å². The van der Waals surface area contributed by atoms with Gasteiger partial charge in [0, 0.05) is 18.2 Å². The standard InChI is InChI=1S/C16H21NO4/c1-9(2)17-6-5-12-13(15(17)18)7-11(21-10(3)4)8-14(12)16(19)20/h7-10H,5-6H2,1-4H3,(H,19,20).